The smallest absolute Gasteiger partial charge is 0.243 e. The molecule has 0 aliphatic carbocycles. The van der Waals surface area contributed by atoms with Crippen molar-refractivity contribution in [2.24, 2.45) is 0 Å². The quantitative estimate of drug-likeness (QED) is 0.852. The van der Waals surface area contributed by atoms with Crippen LogP contribution in [0.25, 0.3) is 0 Å². The van der Waals surface area contributed by atoms with E-state index in [1.807, 2.05) is 24.3 Å². The normalized spacial score (nSPS) is 20.3. The zero-order valence-corrected chi connectivity index (χ0v) is 16.7. The molecule has 1 saturated heterocycles. The first-order valence-corrected chi connectivity index (χ1v) is 11.0. The fourth-order valence-electron chi connectivity index (χ4n) is 4.03. The van der Waals surface area contributed by atoms with Gasteiger partial charge >= 0.3 is 0 Å². The highest BCUT2D eigenvalue weighted by atomic mass is 32.2. The maximum atomic E-state index is 13.5. The molecule has 0 spiro atoms. The SMILES string of the molecule is COc1ccc(C2CCCCCN2S(=O)(=O)c2ccc3c(c2)CC(=O)N3)cc1. The Kier molecular flexibility index (Phi) is 5.12. The van der Waals surface area contributed by atoms with Crippen LogP contribution in [0.15, 0.2) is 47.4 Å². The van der Waals surface area contributed by atoms with Crippen LogP contribution in [0.2, 0.25) is 0 Å². The summed E-state index contributed by atoms with van der Waals surface area (Å²) in [5, 5.41) is 2.75. The number of hydrogen-bond donors (Lipinski definition) is 1. The Morgan fingerprint density at radius 1 is 1.07 bits per heavy atom. The summed E-state index contributed by atoms with van der Waals surface area (Å²) in [5.41, 5.74) is 2.41. The molecule has 0 saturated carbocycles. The number of amides is 1. The van der Waals surface area contributed by atoms with Gasteiger partial charge in [-0.1, -0.05) is 25.0 Å². The van der Waals surface area contributed by atoms with Crippen LogP contribution in [0.4, 0.5) is 5.69 Å². The van der Waals surface area contributed by atoms with Gasteiger partial charge in [0.15, 0.2) is 0 Å². The second-order valence-electron chi connectivity index (χ2n) is 7.30. The Morgan fingerprint density at radius 2 is 1.86 bits per heavy atom. The molecular weight excluding hydrogens is 376 g/mol. The van der Waals surface area contributed by atoms with Gasteiger partial charge in [-0.3, -0.25) is 4.79 Å². The third kappa shape index (κ3) is 3.52. The fourth-order valence-corrected chi connectivity index (χ4v) is 5.76. The van der Waals surface area contributed by atoms with E-state index in [2.05, 4.69) is 5.32 Å². The van der Waals surface area contributed by atoms with E-state index in [9.17, 15) is 13.2 Å². The van der Waals surface area contributed by atoms with Crippen LogP contribution >= 0.6 is 0 Å². The highest BCUT2D eigenvalue weighted by Gasteiger charge is 2.34. The van der Waals surface area contributed by atoms with Crippen LogP contribution in [0.5, 0.6) is 5.75 Å². The Morgan fingerprint density at radius 3 is 2.61 bits per heavy atom. The Bertz CT molecular complexity index is 986. The molecule has 0 bridgehead atoms. The number of sulfonamides is 1. The molecule has 0 aromatic heterocycles. The zero-order chi connectivity index (χ0) is 19.7. The lowest BCUT2D eigenvalue weighted by Gasteiger charge is -2.29. The van der Waals surface area contributed by atoms with Crippen molar-refractivity contribution in [3.05, 3.63) is 53.6 Å². The molecule has 28 heavy (non-hydrogen) atoms. The van der Waals surface area contributed by atoms with Crippen LogP contribution in [-0.2, 0) is 21.2 Å². The molecule has 1 fully saturated rings. The van der Waals surface area contributed by atoms with Crippen molar-refractivity contribution in [1.29, 1.82) is 0 Å². The van der Waals surface area contributed by atoms with Gasteiger partial charge in [-0.25, -0.2) is 8.42 Å². The maximum absolute atomic E-state index is 13.5. The number of hydrogen-bond acceptors (Lipinski definition) is 4. The number of anilines is 1. The molecule has 2 heterocycles. The first-order chi connectivity index (χ1) is 13.5. The molecule has 2 aliphatic heterocycles. The average Bonchev–Trinajstić information content (AvgIpc) is 2.90. The second kappa shape index (κ2) is 7.56. The third-order valence-electron chi connectivity index (χ3n) is 5.51. The summed E-state index contributed by atoms with van der Waals surface area (Å²) in [6.45, 7) is 0.493. The maximum Gasteiger partial charge on any atom is 0.243 e. The number of benzene rings is 2. The highest BCUT2D eigenvalue weighted by Crippen LogP contribution is 2.36. The van der Waals surface area contributed by atoms with Gasteiger partial charge in [-0.05, 0) is 54.3 Å². The van der Waals surface area contributed by atoms with Crippen molar-refractivity contribution >= 4 is 21.6 Å². The van der Waals surface area contributed by atoms with E-state index in [4.69, 9.17) is 4.74 Å². The predicted molar refractivity (Wildman–Crippen MR) is 107 cm³/mol. The van der Waals surface area contributed by atoms with Gasteiger partial charge in [0.2, 0.25) is 15.9 Å². The van der Waals surface area contributed by atoms with E-state index < -0.39 is 10.0 Å². The number of carbonyl (C=O) groups excluding carboxylic acids is 1. The van der Waals surface area contributed by atoms with Crippen LogP contribution < -0.4 is 10.1 Å². The van der Waals surface area contributed by atoms with Crippen LogP contribution in [0.1, 0.15) is 42.9 Å². The molecule has 4 rings (SSSR count). The highest BCUT2D eigenvalue weighted by molar-refractivity contribution is 7.89. The standard InChI is InChI=1S/C21H24N2O4S/c1-27-17-8-6-15(7-9-17)20-5-3-2-4-12-23(20)28(25,26)18-10-11-19-16(13-18)14-21(24)22-19/h6-11,13,20H,2-5,12,14H2,1H3,(H,22,24). The molecule has 2 aliphatic rings. The second-order valence-corrected chi connectivity index (χ2v) is 9.19. The first kappa shape index (κ1) is 19.0. The molecule has 2 aromatic rings. The zero-order valence-electron chi connectivity index (χ0n) is 15.8. The predicted octanol–water partition coefficient (Wildman–Crippen LogP) is 3.50. The third-order valence-corrected chi connectivity index (χ3v) is 7.42. The lowest BCUT2D eigenvalue weighted by molar-refractivity contribution is -0.115. The van der Waals surface area contributed by atoms with Gasteiger partial charge < -0.3 is 10.1 Å². The molecular formula is C21H24N2O4S. The van der Waals surface area contributed by atoms with E-state index in [0.717, 1.165) is 42.6 Å². The summed E-state index contributed by atoms with van der Waals surface area (Å²) in [5.74, 6) is 0.651. The van der Waals surface area contributed by atoms with Crippen LogP contribution in [0, 0.1) is 0 Å². The Labute approximate surface area is 165 Å². The van der Waals surface area contributed by atoms with E-state index in [-0.39, 0.29) is 23.3 Å². The van der Waals surface area contributed by atoms with Gasteiger partial charge in [0.1, 0.15) is 5.75 Å². The Balaban J connectivity index is 1.70. The van der Waals surface area contributed by atoms with Gasteiger partial charge in [0.25, 0.3) is 0 Å². The minimum absolute atomic E-state index is 0.101. The molecule has 2 aromatic carbocycles. The van der Waals surface area contributed by atoms with E-state index in [0.29, 0.717) is 12.2 Å². The number of ether oxygens (including phenoxy) is 1. The largest absolute Gasteiger partial charge is 0.497 e. The van der Waals surface area contributed by atoms with Crippen molar-refractivity contribution in [2.75, 3.05) is 19.0 Å². The van der Waals surface area contributed by atoms with Crippen molar-refractivity contribution in [3.8, 4) is 5.75 Å². The number of fused-ring (bicyclic) bond motifs is 1. The summed E-state index contributed by atoms with van der Waals surface area (Å²) in [6, 6.07) is 12.4. The summed E-state index contributed by atoms with van der Waals surface area (Å²) in [7, 11) is -2.06. The van der Waals surface area contributed by atoms with Crippen LogP contribution in [-0.4, -0.2) is 32.3 Å². The molecule has 148 valence electrons. The Hall–Kier alpha value is -2.38. The van der Waals surface area contributed by atoms with Crippen molar-refractivity contribution in [3.63, 3.8) is 0 Å². The molecule has 7 heteroatoms. The molecule has 1 unspecified atom stereocenters. The number of rotatable bonds is 4. The summed E-state index contributed by atoms with van der Waals surface area (Å²) in [4.78, 5) is 11.9. The fraction of sp³-hybridized carbons (Fsp3) is 0.381. The average molecular weight is 401 g/mol. The molecule has 0 radical (unpaired) electrons. The molecule has 1 atom stereocenters. The van der Waals surface area contributed by atoms with Crippen molar-refractivity contribution < 1.29 is 17.9 Å². The van der Waals surface area contributed by atoms with Crippen molar-refractivity contribution in [1.82, 2.24) is 4.31 Å². The topological polar surface area (TPSA) is 75.7 Å². The van der Waals surface area contributed by atoms with Crippen LogP contribution in [0.3, 0.4) is 0 Å². The van der Waals surface area contributed by atoms with Gasteiger partial charge in [-0.2, -0.15) is 4.31 Å². The minimum Gasteiger partial charge on any atom is -0.497 e. The number of methoxy groups -OCH3 is 1. The number of carbonyl (C=O) groups is 1. The van der Waals surface area contributed by atoms with E-state index >= 15 is 0 Å². The number of nitrogens with zero attached hydrogens (tertiary/aromatic N) is 1. The number of nitrogens with one attached hydrogen (secondary N) is 1. The van der Waals surface area contributed by atoms with Gasteiger partial charge in [0.05, 0.1) is 24.5 Å². The lowest BCUT2D eigenvalue weighted by atomic mass is 10.0. The van der Waals surface area contributed by atoms with Gasteiger partial charge in [-0.15, -0.1) is 0 Å². The summed E-state index contributed by atoms with van der Waals surface area (Å²) in [6.07, 6.45) is 3.86. The lowest BCUT2D eigenvalue weighted by Crippen LogP contribution is -2.34. The van der Waals surface area contributed by atoms with E-state index in [1.54, 1.807) is 29.6 Å². The first-order valence-electron chi connectivity index (χ1n) is 9.57. The van der Waals surface area contributed by atoms with E-state index in [1.165, 1.54) is 0 Å². The van der Waals surface area contributed by atoms with Gasteiger partial charge in [0, 0.05) is 12.2 Å². The van der Waals surface area contributed by atoms with Crippen molar-refractivity contribution in [2.45, 2.75) is 43.0 Å². The molecule has 1 amide bonds. The summed E-state index contributed by atoms with van der Waals surface area (Å²) < 4.78 is 33.9. The summed E-state index contributed by atoms with van der Waals surface area (Å²) >= 11 is 0. The monoisotopic (exact) mass is 400 g/mol. The molecule has 6 nitrogen and oxygen atoms in total. The molecule has 1 N–H and O–H groups in total. The minimum atomic E-state index is -3.67.